The van der Waals surface area contributed by atoms with Gasteiger partial charge in [-0.2, -0.15) is 5.10 Å². The summed E-state index contributed by atoms with van der Waals surface area (Å²) >= 11 is 0. The normalized spacial score (nSPS) is 28.5. The summed E-state index contributed by atoms with van der Waals surface area (Å²) in [6.45, 7) is 3.70. The van der Waals surface area contributed by atoms with E-state index in [1.807, 2.05) is 12.3 Å². The molecule has 3 aliphatic rings. The minimum absolute atomic E-state index is 0.566. The first-order chi connectivity index (χ1) is 9.88. The Labute approximate surface area is 117 Å². The molecule has 0 aliphatic carbocycles. The summed E-state index contributed by atoms with van der Waals surface area (Å²) in [7, 11) is 0. The summed E-state index contributed by atoms with van der Waals surface area (Å²) in [5.41, 5.74) is 1.09. The van der Waals surface area contributed by atoms with E-state index in [4.69, 9.17) is 0 Å². The number of nitrogens with one attached hydrogen (secondary N) is 1. The topological polar surface area (TPSA) is 58.9 Å². The van der Waals surface area contributed by atoms with Crippen LogP contribution in [-0.2, 0) is 0 Å². The highest BCUT2D eigenvalue weighted by molar-refractivity contribution is 5.44. The van der Waals surface area contributed by atoms with Gasteiger partial charge in [0.15, 0.2) is 5.82 Å². The van der Waals surface area contributed by atoms with Crippen LogP contribution in [-0.4, -0.2) is 50.3 Å². The van der Waals surface area contributed by atoms with Crippen LogP contribution >= 0.6 is 0 Å². The van der Waals surface area contributed by atoms with Gasteiger partial charge in [0.2, 0.25) is 0 Å². The smallest absolute Gasteiger partial charge is 0.155 e. The van der Waals surface area contributed by atoms with Crippen LogP contribution in [0.4, 0.5) is 5.69 Å². The van der Waals surface area contributed by atoms with Gasteiger partial charge < -0.3 is 10.2 Å². The molecule has 1 N–H and O–H groups in total. The lowest BCUT2D eigenvalue weighted by Crippen LogP contribution is -2.53. The molecular weight excluding hydrogens is 252 g/mol. The van der Waals surface area contributed by atoms with Gasteiger partial charge in [-0.05, 0) is 44.0 Å². The molecule has 3 fully saturated rings. The molecule has 0 radical (unpaired) electrons. The van der Waals surface area contributed by atoms with Crippen LogP contribution < -0.4 is 5.32 Å². The first kappa shape index (κ1) is 11.8. The first-order valence-electron chi connectivity index (χ1n) is 7.18. The number of nitrogens with zero attached hydrogens (tertiary/aromatic N) is 5. The minimum Gasteiger partial charge on any atom is -0.379 e. The van der Waals surface area contributed by atoms with Crippen molar-refractivity contribution in [1.29, 1.82) is 0 Å². The lowest BCUT2D eigenvalue weighted by Gasteiger charge is -2.45. The van der Waals surface area contributed by atoms with Crippen molar-refractivity contribution in [3.8, 4) is 5.82 Å². The van der Waals surface area contributed by atoms with E-state index < -0.39 is 0 Å². The molecule has 0 aromatic carbocycles. The Morgan fingerprint density at radius 3 is 2.70 bits per heavy atom. The van der Waals surface area contributed by atoms with Crippen molar-refractivity contribution in [2.24, 2.45) is 5.92 Å². The average molecular weight is 270 g/mol. The molecule has 6 heteroatoms. The van der Waals surface area contributed by atoms with Crippen LogP contribution in [0.5, 0.6) is 0 Å². The Morgan fingerprint density at radius 2 is 2.10 bits per heavy atom. The van der Waals surface area contributed by atoms with Crippen molar-refractivity contribution in [1.82, 2.24) is 24.6 Å². The lowest BCUT2D eigenvalue weighted by molar-refractivity contribution is 0.0975. The van der Waals surface area contributed by atoms with Gasteiger partial charge in [-0.1, -0.05) is 0 Å². The van der Waals surface area contributed by atoms with Crippen LogP contribution in [0.3, 0.4) is 0 Å². The molecule has 0 spiro atoms. The molecule has 0 amide bonds. The Hall–Kier alpha value is -1.95. The quantitative estimate of drug-likeness (QED) is 0.907. The van der Waals surface area contributed by atoms with Gasteiger partial charge in [0, 0.05) is 12.6 Å². The van der Waals surface area contributed by atoms with E-state index >= 15 is 0 Å². The highest BCUT2D eigenvalue weighted by Gasteiger charge is 2.33. The Bertz CT molecular complexity index is 556. The minimum atomic E-state index is 0.566. The second-order valence-corrected chi connectivity index (χ2v) is 5.63. The van der Waals surface area contributed by atoms with Crippen LogP contribution in [0, 0.1) is 5.92 Å². The second-order valence-electron chi connectivity index (χ2n) is 5.63. The molecule has 6 nitrogen and oxygen atoms in total. The number of fused-ring (bicyclic) bond motifs is 3. The van der Waals surface area contributed by atoms with E-state index in [0.717, 1.165) is 24.0 Å². The number of piperidine rings is 3. The monoisotopic (exact) mass is 270 g/mol. The van der Waals surface area contributed by atoms with Crippen LogP contribution in [0.15, 0.2) is 31.0 Å². The van der Waals surface area contributed by atoms with Crippen molar-refractivity contribution in [2.75, 3.05) is 25.0 Å². The summed E-state index contributed by atoms with van der Waals surface area (Å²) < 4.78 is 1.66. The predicted octanol–water partition coefficient (Wildman–Crippen LogP) is 1.17. The Kier molecular flexibility index (Phi) is 2.88. The molecule has 1 unspecified atom stereocenters. The molecule has 1 atom stereocenters. The molecular formula is C14H18N6. The lowest BCUT2D eigenvalue weighted by atomic mass is 9.84. The van der Waals surface area contributed by atoms with Crippen molar-refractivity contribution >= 4 is 5.69 Å². The molecule has 104 valence electrons. The maximum atomic E-state index is 4.43. The zero-order valence-electron chi connectivity index (χ0n) is 11.3. The predicted molar refractivity (Wildman–Crippen MR) is 75.7 cm³/mol. The molecule has 3 aliphatic heterocycles. The van der Waals surface area contributed by atoms with E-state index in [1.165, 1.54) is 32.3 Å². The number of aromatic nitrogens is 4. The van der Waals surface area contributed by atoms with Crippen LogP contribution in [0.1, 0.15) is 12.8 Å². The summed E-state index contributed by atoms with van der Waals surface area (Å²) in [6, 6.07) is 4.61. The van der Waals surface area contributed by atoms with Gasteiger partial charge >= 0.3 is 0 Å². The first-order valence-corrected chi connectivity index (χ1v) is 7.18. The fraction of sp³-hybridized carbons (Fsp3) is 0.500. The summed E-state index contributed by atoms with van der Waals surface area (Å²) in [4.78, 5) is 10.9. The number of hydrogen-bond donors (Lipinski definition) is 1. The van der Waals surface area contributed by atoms with Crippen LogP contribution in [0.25, 0.3) is 5.82 Å². The molecule has 2 aromatic rings. The Morgan fingerprint density at radius 1 is 1.20 bits per heavy atom. The number of rotatable bonds is 3. The molecule has 2 aromatic heterocycles. The number of anilines is 1. The maximum Gasteiger partial charge on any atom is 0.155 e. The van der Waals surface area contributed by atoms with E-state index in [9.17, 15) is 0 Å². The molecule has 5 rings (SSSR count). The van der Waals surface area contributed by atoms with Gasteiger partial charge in [-0.25, -0.2) is 14.6 Å². The summed E-state index contributed by atoms with van der Waals surface area (Å²) in [5.74, 6) is 1.61. The number of hydrogen-bond acceptors (Lipinski definition) is 5. The zero-order chi connectivity index (χ0) is 13.4. The third kappa shape index (κ3) is 2.16. The molecule has 0 saturated carbocycles. The SMILES string of the molecule is c1ncn(-c2ccc(NC3CN4CCC3CC4)cn2)n1. The summed E-state index contributed by atoms with van der Waals surface area (Å²) in [6.07, 6.45) is 7.70. The third-order valence-electron chi connectivity index (χ3n) is 4.41. The fourth-order valence-electron chi connectivity index (χ4n) is 3.28. The summed E-state index contributed by atoms with van der Waals surface area (Å²) in [5, 5.41) is 7.71. The van der Waals surface area contributed by atoms with Crippen LogP contribution in [0.2, 0.25) is 0 Å². The van der Waals surface area contributed by atoms with E-state index in [2.05, 4.69) is 31.3 Å². The van der Waals surface area contributed by atoms with Crippen molar-refractivity contribution in [3.63, 3.8) is 0 Å². The van der Waals surface area contributed by atoms with Crippen molar-refractivity contribution in [2.45, 2.75) is 18.9 Å². The van der Waals surface area contributed by atoms with Crippen molar-refractivity contribution < 1.29 is 0 Å². The maximum absolute atomic E-state index is 4.43. The van der Waals surface area contributed by atoms with Gasteiger partial charge in [-0.3, -0.25) is 0 Å². The van der Waals surface area contributed by atoms with E-state index in [1.54, 1.807) is 11.0 Å². The molecule has 5 heterocycles. The second kappa shape index (κ2) is 4.86. The largest absolute Gasteiger partial charge is 0.379 e. The highest BCUT2D eigenvalue weighted by atomic mass is 15.3. The van der Waals surface area contributed by atoms with E-state index in [-0.39, 0.29) is 0 Å². The Balaban J connectivity index is 1.47. The fourth-order valence-corrected chi connectivity index (χ4v) is 3.28. The third-order valence-corrected chi connectivity index (χ3v) is 4.41. The standard InChI is InChI=1S/C14H18N6/c1-2-14(20-10-15-9-17-20)16-7-12(1)18-13-8-19-5-3-11(13)4-6-19/h1-2,7,9-11,13,18H,3-6,8H2. The van der Waals surface area contributed by atoms with E-state index in [0.29, 0.717) is 6.04 Å². The van der Waals surface area contributed by atoms with Crippen molar-refractivity contribution in [3.05, 3.63) is 31.0 Å². The molecule has 3 saturated heterocycles. The van der Waals surface area contributed by atoms with Gasteiger partial charge in [0.1, 0.15) is 12.7 Å². The average Bonchev–Trinajstić information content (AvgIpc) is 3.04. The molecule has 20 heavy (non-hydrogen) atoms. The highest BCUT2D eigenvalue weighted by Crippen LogP contribution is 2.29. The molecule has 2 bridgehead atoms. The zero-order valence-corrected chi connectivity index (χ0v) is 11.3. The van der Waals surface area contributed by atoms with Gasteiger partial charge in [-0.15, -0.1) is 0 Å². The van der Waals surface area contributed by atoms with Gasteiger partial charge in [0.05, 0.1) is 11.9 Å². The number of pyridine rings is 1. The van der Waals surface area contributed by atoms with Gasteiger partial charge in [0.25, 0.3) is 0 Å².